The van der Waals surface area contributed by atoms with Crippen LogP contribution in [0.2, 0.25) is 0 Å². The minimum Gasteiger partial charge on any atom is -0.448 e. The van der Waals surface area contributed by atoms with Gasteiger partial charge in [-0.25, -0.2) is 9.48 Å². The van der Waals surface area contributed by atoms with Crippen molar-refractivity contribution < 1.29 is 14.3 Å². The van der Waals surface area contributed by atoms with E-state index in [0.717, 1.165) is 23.9 Å². The summed E-state index contributed by atoms with van der Waals surface area (Å²) in [6.07, 6.45) is 3.44. The second-order valence-electron chi connectivity index (χ2n) is 6.10. The van der Waals surface area contributed by atoms with Gasteiger partial charge in [-0.1, -0.05) is 19.8 Å². The summed E-state index contributed by atoms with van der Waals surface area (Å²) in [5, 5.41) is 6.76. The van der Waals surface area contributed by atoms with Gasteiger partial charge in [-0.3, -0.25) is 9.59 Å². The summed E-state index contributed by atoms with van der Waals surface area (Å²) in [5.41, 5.74) is -0.323. The molecule has 3 unspecified atom stereocenters. The highest BCUT2D eigenvalue weighted by molar-refractivity contribution is 5.90. The van der Waals surface area contributed by atoms with Crippen LogP contribution in [0.25, 0.3) is 0 Å². The average molecular weight is 321 g/mol. The molecule has 1 aliphatic carbocycles. The van der Waals surface area contributed by atoms with Crippen LogP contribution in [0.1, 0.15) is 50.0 Å². The van der Waals surface area contributed by atoms with Crippen LogP contribution >= 0.6 is 0 Å². The van der Waals surface area contributed by atoms with Crippen molar-refractivity contribution in [3.8, 4) is 0 Å². The van der Waals surface area contributed by atoms with Crippen LogP contribution in [0.3, 0.4) is 0 Å². The summed E-state index contributed by atoms with van der Waals surface area (Å²) in [7, 11) is 1.44. The number of aryl methyl sites for hydroxylation is 1. The van der Waals surface area contributed by atoms with Crippen molar-refractivity contribution in [2.24, 2.45) is 13.0 Å². The topological polar surface area (TPSA) is 90.3 Å². The molecule has 126 valence electrons. The molecule has 3 atom stereocenters. The van der Waals surface area contributed by atoms with Crippen LogP contribution in [0, 0.1) is 5.92 Å². The van der Waals surface area contributed by atoms with Gasteiger partial charge in [-0.15, -0.1) is 0 Å². The van der Waals surface area contributed by atoms with Gasteiger partial charge in [-0.2, -0.15) is 5.10 Å². The van der Waals surface area contributed by atoms with E-state index in [2.05, 4.69) is 17.3 Å². The largest absolute Gasteiger partial charge is 0.448 e. The number of amides is 1. The number of esters is 1. The maximum Gasteiger partial charge on any atom is 0.359 e. The molecular weight excluding hydrogens is 298 g/mol. The number of hydrogen-bond donors (Lipinski definition) is 1. The van der Waals surface area contributed by atoms with Gasteiger partial charge in [0.2, 0.25) is 0 Å². The lowest BCUT2D eigenvalue weighted by Crippen LogP contribution is -2.46. The highest BCUT2D eigenvalue weighted by Crippen LogP contribution is 2.23. The molecule has 1 saturated carbocycles. The summed E-state index contributed by atoms with van der Waals surface area (Å²) < 4.78 is 6.19. The third-order valence-corrected chi connectivity index (χ3v) is 4.26. The number of hydrogen-bond acceptors (Lipinski definition) is 5. The van der Waals surface area contributed by atoms with E-state index in [1.807, 2.05) is 0 Å². The van der Waals surface area contributed by atoms with Crippen LogP contribution in [0.4, 0.5) is 0 Å². The normalized spacial score (nSPS) is 22.2. The minimum atomic E-state index is -0.907. The van der Waals surface area contributed by atoms with E-state index in [4.69, 9.17) is 4.74 Å². The molecule has 1 heterocycles. The van der Waals surface area contributed by atoms with Gasteiger partial charge in [0.05, 0.1) is 0 Å². The molecule has 1 aromatic heterocycles. The zero-order valence-corrected chi connectivity index (χ0v) is 13.7. The Bertz CT molecular complexity index is 640. The quantitative estimate of drug-likeness (QED) is 0.836. The predicted molar refractivity (Wildman–Crippen MR) is 83.9 cm³/mol. The van der Waals surface area contributed by atoms with Gasteiger partial charge >= 0.3 is 5.97 Å². The average Bonchev–Trinajstić information content (AvgIpc) is 2.52. The Morgan fingerprint density at radius 1 is 1.35 bits per heavy atom. The lowest BCUT2D eigenvalue weighted by molar-refractivity contribution is -0.130. The molecule has 1 aliphatic rings. The van der Waals surface area contributed by atoms with E-state index < -0.39 is 12.1 Å². The number of nitrogens with zero attached hydrogens (tertiary/aromatic N) is 2. The van der Waals surface area contributed by atoms with Gasteiger partial charge in [0.15, 0.2) is 11.8 Å². The van der Waals surface area contributed by atoms with Crippen LogP contribution < -0.4 is 10.9 Å². The zero-order valence-electron chi connectivity index (χ0n) is 13.7. The summed E-state index contributed by atoms with van der Waals surface area (Å²) in [4.78, 5) is 35.4. The number of carbonyl (C=O) groups excluding carboxylic acids is 2. The molecule has 1 amide bonds. The van der Waals surface area contributed by atoms with Crippen molar-refractivity contribution in [3.05, 3.63) is 28.2 Å². The number of carbonyl (C=O) groups is 2. The molecule has 1 fully saturated rings. The molecule has 0 saturated heterocycles. The van der Waals surface area contributed by atoms with Crippen LogP contribution in [0.5, 0.6) is 0 Å². The highest BCUT2D eigenvalue weighted by Gasteiger charge is 2.26. The second kappa shape index (κ2) is 7.39. The van der Waals surface area contributed by atoms with E-state index in [-0.39, 0.29) is 23.2 Å². The maximum absolute atomic E-state index is 12.2. The first-order chi connectivity index (χ1) is 10.9. The molecule has 7 heteroatoms. The van der Waals surface area contributed by atoms with E-state index in [9.17, 15) is 14.4 Å². The third-order valence-electron chi connectivity index (χ3n) is 4.26. The van der Waals surface area contributed by atoms with Crippen molar-refractivity contribution in [3.63, 3.8) is 0 Å². The van der Waals surface area contributed by atoms with E-state index in [1.54, 1.807) is 0 Å². The lowest BCUT2D eigenvalue weighted by atomic mass is 9.86. The SMILES string of the molecule is CC(OC(=O)c1ccc(=O)n(C)n1)C(=O)NC1CCCCC1C. The van der Waals surface area contributed by atoms with Crippen molar-refractivity contribution in [2.75, 3.05) is 0 Å². The van der Waals surface area contributed by atoms with Crippen molar-refractivity contribution in [2.45, 2.75) is 51.7 Å². The van der Waals surface area contributed by atoms with Gasteiger partial charge in [-0.05, 0) is 31.7 Å². The first-order valence-electron chi connectivity index (χ1n) is 7.94. The molecule has 0 radical (unpaired) electrons. The number of aromatic nitrogens is 2. The molecule has 7 nitrogen and oxygen atoms in total. The monoisotopic (exact) mass is 321 g/mol. The Morgan fingerprint density at radius 2 is 2.04 bits per heavy atom. The van der Waals surface area contributed by atoms with E-state index in [0.29, 0.717) is 5.92 Å². The van der Waals surface area contributed by atoms with Crippen LogP contribution in [-0.4, -0.2) is 33.8 Å². The Balaban J connectivity index is 1.93. The number of ether oxygens (including phenoxy) is 1. The Labute approximate surface area is 135 Å². The van der Waals surface area contributed by atoms with Gasteiger partial charge in [0.25, 0.3) is 11.5 Å². The van der Waals surface area contributed by atoms with E-state index in [1.165, 1.54) is 32.5 Å². The van der Waals surface area contributed by atoms with E-state index >= 15 is 0 Å². The standard InChI is InChI=1S/C16H23N3O4/c1-10-6-4-5-7-12(10)17-15(21)11(2)23-16(22)13-8-9-14(20)19(3)18-13/h8-12H,4-7H2,1-3H3,(H,17,21). The summed E-state index contributed by atoms with van der Waals surface area (Å²) in [6.45, 7) is 3.65. The van der Waals surface area contributed by atoms with Crippen molar-refractivity contribution in [1.29, 1.82) is 0 Å². The Hall–Kier alpha value is -2.18. The lowest BCUT2D eigenvalue weighted by Gasteiger charge is -2.30. The Morgan fingerprint density at radius 3 is 2.70 bits per heavy atom. The number of rotatable bonds is 4. The zero-order chi connectivity index (χ0) is 17.0. The minimum absolute atomic E-state index is 0.00205. The predicted octanol–water partition coefficient (Wildman–Crippen LogP) is 1.02. The van der Waals surface area contributed by atoms with Crippen molar-refractivity contribution >= 4 is 11.9 Å². The Kier molecular flexibility index (Phi) is 5.52. The fourth-order valence-corrected chi connectivity index (χ4v) is 2.72. The first-order valence-corrected chi connectivity index (χ1v) is 7.94. The van der Waals surface area contributed by atoms with Gasteiger partial charge in [0.1, 0.15) is 0 Å². The molecule has 0 spiro atoms. The third kappa shape index (κ3) is 4.40. The van der Waals surface area contributed by atoms with Crippen LogP contribution in [0.15, 0.2) is 16.9 Å². The molecule has 1 aromatic rings. The molecule has 0 aliphatic heterocycles. The number of nitrogens with one attached hydrogen (secondary N) is 1. The summed E-state index contributed by atoms with van der Waals surface area (Å²) in [6, 6.07) is 2.66. The summed E-state index contributed by atoms with van der Waals surface area (Å²) in [5.74, 6) is -0.595. The fraction of sp³-hybridized carbons (Fsp3) is 0.625. The molecule has 1 N–H and O–H groups in total. The smallest absolute Gasteiger partial charge is 0.359 e. The first kappa shape index (κ1) is 17.2. The fourth-order valence-electron chi connectivity index (χ4n) is 2.72. The molecule has 2 rings (SSSR count). The maximum atomic E-state index is 12.2. The van der Waals surface area contributed by atoms with Gasteiger partial charge in [0, 0.05) is 19.2 Å². The highest BCUT2D eigenvalue weighted by atomic mass is 16.5. The van der Waals surface area contributed by atoms with Crippen molar-refractivity contribution in [1.82, 2.24) is 15.1 Å². The summed E-state index contributed by atoms with van der Waals surface area (Å²) >= 11 is 0. The second-order valence-corrected chi connectivity index (χ2v) is 6.10. The van der Waals surface area contributed by atoms with Gasteiger partial charge < -0.3 is 10.1 Å². The molecule has 0 bridgehead atoms. The molecular formula is C16H23N3O4. The van der Waals surface area contributed by atoms with Crippen LogP contribution in [-0.2, 0) is 16.6 Å². The molecule has 23 heavy (non-hydrogen) atoms. The molecule has 0 aromatic carbocycles.